The highest BCUT2D eigenvalue weighted by molar-refractivity contribution is 7.50. The van der Waals surface area contributed by atoms with Gasteiger partial charge in [-0.25, -0.2) is 4.57 Å². The summed E-state index contributed by atoms with van der Waals surface area (Å²) in [4.78, 5) is 0. The van der Waals surface area contributed by atoms with Crippen molar-refractivity contribution in [2.45, 2.75) is 39.1 Å². The van der Waals surface area contributed by atoms with Crippen molar-refractivity contribution in [2.24, 2.45) is 0 Å². The van der Waals surface area contributed by atoms with Gasteiger partial charge in [-0.1, -0.05) is 0 Å². The molecule has 0 N–H and O–H groups in total. The summed E-state index contributed by atoms with van der Waals surface area (Å²) in [6, 6.07) is 0. The summed E-state index contributed by atoms with van der Waals surface area (Å²) in [6.45, 7) is 8.21. The number of rotatable bonds is 2. The van der Waals surface area contributed by atoms with Crippen molar-refractivity contribution >= 4 is 16.1 Å². The van der Waals surface area contributed by atoms with Crippen LogP contribution in [0.2, 0.25) is 19.6 Å². The maximum absolute atomic E-state index is 11.8. The summed E-state index contributed by atoms with van der Waals surface area (Å²) in [7, 11) is -5.09. The van der Waals surface area contributed by atoms with Crippen molar-refractivity contribution in [1.29, 1.82) is 0 Å². The Labute approximate surface area is 80.3 Å². The lowest BCUT2D eigenvalue weighted by Gasteiger charge is -2.30. The average Bonchev–Trinajstić information content (AvgIpc) is 1.79. The molecule has 6 heteroatoms. The minimum atomic E-state index is -3.23. The van der Waals surface area contributed by atoms with Crippen LogP contribution in [0.25, 0.3) is 0 Å². The molecule has 0 aromatic rings. The molecule has 0 aromatic heterocycles. The van der Waals surface area contributed by atoms with E-state index in [0.29, 0.717) is 6.61 Å². The topological polar surface area (TPSA) is 44.8 Å². The second-order valence-corrected chi connectivity index (χ2v) is 10.5. The Morgan fingerprint density at radius 2 is 2.08 bits per heavy atom. The molecule has 0 saturated carbocycles. The molecule has 0 radical (unpaired) electrons. The van der Waals surface area contributed by atoms with Crippen molar-refractivity contribution in [3.05, 3.63) is 0 Å². The first-order chi connectivity index (χ1) is 5.81. The summed E-state index contributed by atoms with van der Waals surface area (Å²) in [5.41, 5.74) is 0. The second-order valence-electron chi connectivity index (χ2n) is 4.19. The molecule has 0 aliphatic carbocycles. The van der Waals surface area contributed by atoms with Crippen LogP contribution >= 0.6 is 7.82 Å². The molecule has 13 heavy (non-hydrogen) atoms. The molecule has 0 aromatic carbocycles. The maximum Gasteiger partial charge on any atom is 0.465 e. The first-order valence-corrected chi connectivity index (χ1v) is 9.31. The molecule has 78 valence electrons. The van der Waals surface area contributed by atoms with Crippen LogP contribution in [0.4, 0.5) is 0 Å². The van der Waals surface area contributed by atoms with Crippen LogP contribution in [0, 0.1) is 0 Å². The quantitative estimate of drug-likeness (QED) is 0.534. The lowest BCUT2D eigenvalue weighted by atomic mass is 10.3. The van der Waals surface area contributed by atoms with Gasteiger partial charge in [0, 0.05) is 0 Å². The van der Waals surface area contributed by atoms with Gasteiger partial charge in [-0.2, -0.15) is 0 Å². The molecular formula is C7H17O4PSi. The zero-order valence-electron chi connectivity index (χ0n) is 8.57. The Morgan fingerprint density at radius 3 is 2.54 bits per heavy atom. The Kier molecular flexibility index (Phi) is 3.36. The van der Waals surface area contributed by atoms with Gasteiger partial charge in [0.2, 0.25) is 0 Å². The molecule has 1 heterocycles. The van der Waals surface area contributed by atoms with E-state index >= 15 is 0 Å². The standard InChI is InChI=1S/C7H17O4PSi/c1-7-5-6-9-12(8,10-7)11-13(2,3)4/h7H,5-6H2,1-4H3. The van der Waals surface area contributed by atoms with Crippen molar-refractivity contribution in [2.75, 3.05) is 6.61 Å². The summed E-state index contributed by atoms with van der Waals surface area (Å²) in [5.74, 6) is 0. The van der Waals surface area contributed by atoms with E-state index in [-0.39, 0.29) is 6.10 Å². The number of hydrogen-bond acceptors (Lipinski definition) is 4. The Hall–Kier alpha value is 0.327. The number of hydrogen-bond donors (Lipinski definition) is 0. The smallest absolute Gasteiger partial charge is 0.330 e. The van der Waals surface area contributed by atoms with Crippen molar-refractivity contribution in [3.8, 4) is 0 Å². The molecule has 0 amide bonds. The third-order valence-electron chi connectivity index (χ3n) is 1.47. The molecule has 4 nitrogen and oxygen atoms in total. The summed E-state index contributed by atoms with van der Waals surface area (Å²) >= 11 is 0. The first kappa shape index (κ1) is 11.4. The van der Waals surface area contributed by atoms with Gasteiger partial charge in [-0.15, -0.1) is 0 Å². The molecular weight excluding hydrogens is 207 g/mol. The van der Waals surface area contributed by atoms with Crippen molar-refractivity contribution in [1.82, 2.24) is 0 Å². The average molecular weight is 224 g/mol. The SMILES string of the molecule is CC1CCOP(=O)(O[Si](C)(C)C)O1. The third kappa shape index (κ3) is 3.91. The number of phosphoric acid groups is 1. The third-order valence-corrected chi connectivity index (χ3v) is 5.67. The van der Waals surface area contributed by atoms with E-state index in [0.717, 1.165) is 6.42 Å². The van der Waals surface area contributed by atoms with Gasteiger partial charge in [0.15, 0.2) is 8.32 Å². The Bertz CT molecular complexity index is 225. The monoisotopic (exact) mass is 224 g/mol. The molecule has 2 atom stereocenters. The van der Waals surface area contributed by atoms with Gasteiger partial charge >= 0.3 is 7.82 Å². The van der Waals surface area contributed by atoms with Gasteiger partial charge in [-0.3, -0.25) is 9.05 Å². The van der Waals surface area contributed by atoms with E-state index in [1.807, 2.05) is 26.6 Å². The minimum Gasteiger partial charge on any atom is -0.330 e. The molecule has 1 aliphatic heterocycles. The highest BCUT2D eigenvalue weighted by Gasteiger charge is 2.37. The highest BCUT2D eigenvalue weighted by atomic mass is 31.2. The van der Waals surface area contributed by atoms with Gasteiger partial charge < -0.3 is 4.21 Å². The van der Waals surface area contributed by atoms with E-state index in [1.165, 1.54) is 0 Å². The molecule has 1 fully saturated rings. The minimum absolute atomic E-state index is 0.0315. The largest absolute Gasteiger partial charge is 0.465 e. The zero-order valence-corrected chi connectivity index (χ0v) is 10.5. The Balaban J connectivity index is 2.60. The molecule has 2 unspecified atom stereocenters. The van der Waals surface area contributed by atoms with Crippen LogP contribution < -0.4 is 0 Å². The zero-order chi connectivity index (χ0) is 10.1. The van der Waals surface area contributed by atoms with Crippen LogP contribution in [0.5, 0.6) is 0 Å². The first-order valence-electron chi connectivity index (χ1n) is 4.44. The van der Waals surface area contributed by atoms with Crippen LogP contribution in [-0.4, -0.2) is 21.0 Å². The maximum atomic E-state index is 11.8. The molecule has 0 spiro atoms. The summed E-state index contributed by atoms with van der Waals surface area (Å²) in [5, 5.41) is 0. The normalized spacial score (nSPS) is 36.2. The fourth-order valence-corrected chi connectivity index (χ4v) is 5.02. The molecule has 1 rings (SSSR count). The lowest BCUT2D eigenvalue weighted by Crippen LogP contribution is -2.28. The lowest BCUT2D eigenvalue weighted by molar-refractivity contribution is 0.0597. The second kappa shape index (κ2) is 3.83. The van der Waals surface area contributed by atoms with E-state index < -0.39 is 16.1 Å². The van der Waals surface area contributed by atoms with Crippen molar-refractivity contribution in [3.63, 3.8) is 0 Å². The van der Waals surface area contributed by atoms with Crippen molar-refractivity contribution < 1.29 is 17.8 Å². The Morgan fingerprint density at radius 1 is 1.46 bits per heavy atom. The predicted octanol–water partition coefficient (Wildman–Crippen LogP) is 2.77. The van der Waals surface area contributed by atoms with Gasteiger partial charge in [0.1, 0.15) is 0 Å². The van der Waals surface area contributed by atoms with Gasteiger partial charge in [0.05, 0.1) is 12.7 Å². The molecule has 1 aliphatic rings. The predicted molar refractivity (Wildman–Crippen MR) is 53.2 cm³/mol. The number of phosphoric ester groups is 1. The fourth-order valence-electron chi connectivity index (χ4n) is 1.02. The van der Waals surface area contributed by atoms with E-state index in [2.05, 4.69) is 0 Å². The molecule has 1 saturated heterocycles. The van der Waals surface area contributed by atoms with Crippen LogP contribution in [0.15, 0.2) is 0 Å². The van der Waals surface area contributed by atoms with Gasteiger partial charge in [-0.05, 0) is 33.0 Å². The van der Waals surface area contributed by atoms with Crippen LogP contribution in [-0.2, 0) is 17.8 Å². The van der Waals surface area contributed by atoms with E-state index in [1.54, 1.807) is 0 Å². The molecule has 0 bridgehead atoms. The fraction of sp³-hybridized carbons (Fsp3) is 1.00. The summed E-state index contributed by atoms with van der Waals surface area (Å²) < 4.78 is 27.5. The van der Waals surface area contributed by atoms with Crippen LogP contribution in [0.1, 0.15) is 13.3 Å². The highest BCUT2D eigenvalue weighted by Crippen LogP contribution is 2.55. The van der Waals surface area contributed by atoms with E-state index in [9.17, 15) is 4.57 Å². The van der Waals surface area contributed by atoms with Crippen LogP contribution in [0.3, 0.4) is 0 Å². The summed E-state index contributed by atoms with van der Waals surface area (Å²) in [6.07, 6.45) is 0.745. The van der Waals surface area contributed by atoms with Gasteiger partial charge in [0.25, 0.3) is 0 Å². The van der Waals surface area contributed by atoms with E-state index in [4.69, 9.17) is 13.3 Å².